The van der Waals surface area contributed by atoms with Crippen molar-refractivity contribution in [1.82, 2.24) is 4.90 Å². The Hall–Kier alpha value is -2.37. The Bertz CT molecular complexity index is 1090. The highest BCUT2D eigenvalue weighted by molar-refractivity contribution is 9.10. The molecule has 1 amide bonds. The highest BCUT2D eigenvalue weighted by atomic mass is 79.9. The fourth-order valence-corrected chi connectivity index (χ4v) is 4.82. The zero-order valence-corrected chi connectivity index (χ0v) is 20.5. The molecule has 0 aromatic heterocycles. The number of amides is 1. The van der Waals surface area contributed by atoms with Crippen molar-refractivity contribution >= 4 is 32.8 Å². The summed E-state index contributed by atoms with van der Waals surface area (Å²) in [6.07, 6.45) is 0.424. The number of likely N-dealkylation sites (tertiary alicyclic amines) is 1. The summed E-state index contributed by atoms with van der Waals surface area (Å²) in [6.45, 7) is 7.34. The van der Waals surface area contributed by atoms with Crippen LogP contribution in [0.25, 0.3) is 10.8 Å². The predicted molar refractivity (Wildman–Crippen MR) is 132 cm³/mol. The monoisotopic (exact) mass is 495 g/mol. The number of benzene rings is 3. The molecule has 0 spiro atoms. The fourth-order valence-electron chi connectivity index (χ4n) is 4.24. The van der Waals surface area contributed by atoms with Crippen LogP contribution < -0.4 is 0 Å². The quantitative estimate of drug-likeness (QED) is 0.394. The van der Waals surface area contributed by atoms with Gasteiger partial charge in [-0.1, -0.05) is 70.5 Å². The Morgan fingerprint density at radius 1 is 1.03 bits per heavy atom. The van der Waals surface area contributed by atoms with Gasteiger partial charge in [0.15, 0.2) is 0 Å². The van der Waals surface area contributed by atoms with E-state index in [1.165, 1.54) is 16.3 Å². The maximum atomic E-state index is 12.7. The Labute approximate surface area is 198 Å². The summed E-state index contributed by atoms with van der Waals surface area (Å²) in [5.41, 5.74) is 1.83. The number of halogens is 1. The first-order chi connectivity index (χ1) is 15.3. The second kappa shape index (κ2) is 9.63. The summed E-state index contributed by atoms with van der Waals surface area (Å²) < 4.78 is 13.2. The molecular weight excluding hydrogens is 466 g/mol. The van der Waals surface area contributed by atoms with Gasteiger partial charge in [-0.2, -0.15) is 0 Å². The van der Waals surface area contributed by atoms with Crippen LogP contribution in [0.4, 0.5) is 4.79 Å². The lowest BCUT2D eigenvalue weighted by Gasteiger charge is -2.39. The van der Waals surface area contributed by atoms with Crippen molar-refractivity contribution in [1.29, 1.82) is 0 Å². The zero-order chi connectivity index (χ0) is 22.7. The molecular formula is C27H30BrNO3. The first-order valence-corrected chi connectivity index (χ1v) is 11.9. The zero-order valence-electron chi connectivity index (χ0n) is 18.9. The molecule has 1 heterocycles. The number of piperidine rings is 1. The molecule has 3 aromatic carbocycles. The summed E-state index contributed by atoms with van der Waals surface area (Å²) in [5.74, 6) is 0.199. The molecule has 2 atom stereocenters. The summed E-state index contributed by atoms with van der Waals surface area (Å²) in [6, 6.07) is 23.0. The van der Waals surface area contributed by atoms with Gasteiger partial charge < -0.3 is 14.4 Å². The molecule has 32 heavy (non-hydrogen) atoms. The highest BCUT2D eigenvalue weighted by Crippen LogP contribution is 2.35. The maximum absolute atomic E-state index is 12.7. The van der Waals surface area contributed by atoms with Gasteiger partial charge >= 0.3 is 6.09 Å². The molecule has 3 aromatic rings. The average Bonchev–Trinajstić information content (AvgIpc) is 2.77. The summed E-state index contributed by atoms with van der Waals surface area (Å²) in [7, 11) is 0. The second-order valence-electron chi connectivity index (χ2n) is 9.37. The number of carbonyl (C=O) groups excluding carboxylic acids is 1. The van der Waals surface area contributed by atoms with Crippen molar-refractivity contribution in [2.75, 3.05) is 13.1 Å². The minimum atomic E-state index is -0.516. The standard InChI is InChI=1S/C27H30BrNO3/c1-27(2,3)32-26(30)29-15-14-23(22-10-6-7-11-24(22)28)25(17-29)31-18-19-12-13-20-8-4-5-9-21(20)16-19/h4-13,16,23,25H,14-15,17-18H2,1-3H3. The Kier molecular flexibility index (Phi) is 6.87. The number of rotatable bonds is 4. The number of hydrogen-bond donors (Lipinski definition) is 0. The van der Waals surface area contributed by atoms with Gasteiger partial charge in [0, 0.05) is 16.9 Å². The van der Waals surface area contributed by atoms with Crippen LogP contribution in [0.1, 0.15) is 44.2 Å². The van der Waals surface area contributed by atoms with Gasteiger partial charge in [-0.05, 0) is 61.2 Å². The predicted octanol–water partition coefficient (Wildman–Crippen LogP) is 6.91. The smallest absolute Gasteiger partial charge is 0.410 e. The molecule has 168 valence electrons. The molecule has 4 nitrogen and oxygen atoms in total. The first kappa shape index (κ1) is 22.8. The molecule has 4 rings (SSSR count). The van der Waals surface area contributed by atoms with Crippen LogP contribution >= 0.6 is 15.9 Å². The molecule has 0 bridgehead atoms. The largest absolute Gasteiger partial charge is 0.444 e. The molecule has 0 N–H and O–H groups in total. The van der Waals surface area contributed by atoms with Gasteiger partial charge in [0.1, 0.15) is 5.60 Å². The third-order valence-electron chi connectivity index (χ3n) is 5.79. The van der Waals surface area contributed by atoms with Crippen LogP contribution in [0, 0.1) is 0 Å². The van der Waals surface area contributed by atoms with E-state index in [9.17, 15) is 4.79 Å². The number of nitrogens with zero attached hydrogens (tertiary/aromatic N) is 1. The van der Waals surface area contributed by atoms with Gasteiger partial charge in [-0.3, -0.25) is 0 Å². The highest BCUT2D eigenvalue weighted by Gasteiger charge is 2.35. The number of hydrogen-bond acceptors (Lipinski definition) is 3. The third kappa shape index (κ3) is 5.51. The van der Waals surface area contributed by atoms with E-state index in [0.717, 1.165) is 16.5 Å². The van der Waals surface area contributed by atoms with Crippen LogP contribution in [0.2, 0.25) is 0 Å². The molecule has 0 aliphatic carbocycles. The molecule has 1 saturated heterocycles. The van der Waals surface area contributed by atoms with Crippen LogP contribution in [0.5, 0.6) is 0 Å². The molecule has 1 fully saturated rings. The molecule has 1 aliphatic heterocycles. The third-order valence-corrected chi connectivity index (χ3v) is 6.52. The van der Waals surface area contributed by atoms with E-state index in [-0.39, 0.29) is 18.1 Å². The van der Waals surface area contributed by atoms with E-state index >= 15 is 0 Å². The lowest BCUT2D eigenvalue weighted by molar-refractivity contribution is -0.0360. The van der Waals surface area contributed by atoms with Crippen LogP contribution in [0.15, 0.2) is 71.2 Å². The Morgan fingerprint density at radius 2 is 1.75 bits per heavy atom. The van der Waals surface area contributed by atoms with Crippen LogP contribution in [0.3, 0.4) is 0 Å². The molecule has 1 aliphatic rings. The lowest BCUT2D eigenvalue weighted by Crippen LogP contribution is -2.48. The SMILES string of the molecule is CC(C)(C)OC(=O)N1CCC(c2ccccc2Br)C(OCc2ccc3ccccc3c2)C1. The van der Waals surface area contributed by atoms with E-state index < -0.39 is 5.60 Å². The number of carbonyl (C=O) groups is 1. The Morgan fingerprint density at radius 3 is 2.50 bits per heavy atom. The minimum Gasteiger partial charge on any atom is -0.444 e. The summed E-state index contributed by atoms with van der Waals surface area (Å²) in [5, 5.41) is 2.42. The van der Waals surface area contributed by atoms with Gasteiger partial charge in [0.05, 0.1) is 19.3 Å². The Balaban J connectivity index is 1.53. The topological polar surface area (TPSA) is 38.8 Å². The van der Waals surface area contributed by atoms with E-state index in [2.05, 4.69) is 70.5 Å². The van der Waals surface area contributed by atoms with Gasteiger partial charge in [0.2, 0.25) is 0 Å². The fraction of sp³-hybridized carbons (Fsp3) is 0.370. The normalized spacial score (nSPS) is 19.2. The van der Waals surface area contributed by atoms with Crippen molar-refractivity contribution in [2.24, 2.45) is 0 Å². The average molecular weight is 496 g/mol. The van der Waals surface area contributed by atoms with Crippen molar-refractivity contribution in [3.63, 3.8) is 0 Å². The molecule has 0 radical (unpaired) electrons. The van der Waals surface area contributed by atoms with E-state index in [1.807, 2.05) is 32.9 Å². The second-order valence-corrected chi connectivity index (χ2v) is 10.2. The molecule has 0 saturated carbocycles. The molecule has 2 unspecified atom stereocenters. The summed E-state index contributed by atoms with van der Waals surface area (Å²) in [4.78, 5) is 14.5. The van der Waals surface area contributed by atoms with Gasteiger partial charge in [-0.15, -0.1) is 0 Å². The van der Waals surface area contributed by atoms with E-state index in [4.69, 9.17) is 9.47 Å². The maximum Gasteiger partial charge on any atom is 0.410 e. The number of fused-ring (bicyclic) bond motifs is 1. The molecule has 5 heteroatoms. The van der Waals surface area contributed by atoms with Crippen molar-refractivity contribution in [2.45, 2.75) is 51.4 Å². The summed E-state index contributed by atoms with van der Waals surface area (Å²) >= 11 is 3.71. The minimum absolute atomic E-state index is 0.124. The van der Waals surface area contributed by atoms with E-state index in [1.54, 1.807) is 4.90 Å². The van der Waals surface area contributed by atoms with Crippen LogP contribution in [-0.4, -0.2) is 35.8 Å². The lowest BCUT2D eigenvalue weighted by atomic mass is 9.87. The van der Waals surface area contributed by atoms with E-state index in [0.29, 0.717) is 19.7 Å². The van der Waals surface area contributed by atoms with Gasteiger partial charge in [-0.25, -0.2) is 4.79 Å². The van der Waals surface area contributed by atoms with Crippen molar-refractivity contribution in [3.05, 3.63) is 82.3 Å². The van der Waals surface area contributed by atoms with Crippen molar-refractivity contribution < 1.29 is 14.3 Å². The van der Waals surface area contributed by atoms with Gasteiger partial charge in [0.25, 0.3) is 0 Å². The first-order valence-electron chi connectivity index (χ1n) is 11.1. The number of ether oxygens (including phenoxy) is 2. The van der Waals surface area contributed by atoms with Crippen LogP contribution in [-0.2, 0) is 16.1 Å². The van der Waals surface area contributed by atoms with Crippen molar-refractivity contribution in [3.8, 4) is 0 Å².